The van der Waals surface area contributed by atoms with Gasteiger partial charge in [0.2, 0.25) is 0 Å². The highest BCUT2D eigenvalue weighted by atomic mass is 32.2. The largest absolute Gasteiger partial charge is 0.351 e. The summed E-state index contributed by atoms with van der Waals surface area (Å²) in [7, 11) is -2.54. The van der Waals surface area contributed by atoms with Gasteiger partial charge in [0.15, 0.2) is 0 Å². The average molecular weight is 377 g/mol. The van der Waals surface area contributed by atoms with Crippen molar-refractivity contribution in [1.82, 2.24) is 15.6 Å². The van der Waals surface area contributed by atoms with Gasteiger partial charge < -0.3 is 10.6 Å². The Morgan fingerprint density at radius 3 is 2.65 bits per heavy atom. The van der Waals surface area contributed by atoms with Gasteiger partial charge in [-0.15, -0.1) is 0 Å². The van der Waals surface area contributed by atoms with Gasteiger partial charge in [-0.2, -0.15) is 13.5 Å². The monoisotopic (exact) mass is 377 g/mol. The van der Waals surface area contributed by atoms with Crippen molar-refractivity contribution in [3.05, 3.63) is 53.7 Å². The van der Waals surface area contributed by atoms with Gasteiger partial charge >= 0.3 is 0 Å². The third-order valence-corrected chi connectivity index (χ3v) is 4.19. The molecule has 0 unspecified atom stereocenters. The highest BCUT2D eigenvalue weighted by Gasteiger charge is 2.13. The van der Waals surface area contributed by atoms with E-state index in [2.05, 4.69) is 26.1 Å². The Morgan fingerprint density at radius 1 is 1.23 bits per heavy atom. The Labute approximate surface area is 151 Å². The number of nitrogens with zero attached hydrogens (tertiary/aromatic N) is 2. The molecule has 1 heterocycles. The van der Waals surface area contributed by atoms with Crippen LogP contribution in [0.2, 0.25) is 0 Å². The lowest BCUT2D eigenvalue weighted by molar-refractivity contribution is 0.0954. The fourth-order valence-electron chi connectivity index (χ4n) is 1.99. The van der Waals surface area contributed by atoms with Crippen molar-refractivity contribution in [3.8, 4) is 0 Å². The maximum absolute atomic E-state index is 11.9. The molecule has 0 saturated carbocycles. The molecule has 138 valence electrons. The van der Waals surface area contributed by atoms with Crippen LogP contribution in [0.3, 0.4) is 0 Å². The number of carbonyl (C=O) groups is 1. The molecule has 1 amide bonds. The summed E-state index contributed by atoms with van der Waals surface area (Å²) >= 11 is 0. The second-order valence-corrected chi connectivity index (χ2v) is 6.56. The highest BCUT2D eigenvalue weighted by Crippen LogP contribution is 2.13. The molecule has 0 radical (unpaired) electrons. The summed E-state index contributed by atoms with van der Waals surface area (Å²) in [6.45, 7) is 1.17. The van der Waals surface area contributed by atoms with E-state index < -0.39 is 10.1 Å². The van der Waals surface area contributed by atoms with E-state index in [0.29, 0.717) is 24.5 Å². The van der Waals surface area contributed by atoms with Crippen molar-refractivity contribution in [2.75, 3.05) is 25.6 Å². The zero-order valence-electron chi connectivity index (χ0n) is 14.0. The topological polar surface area (TPSA) is 133 Å². The first-order chi connectivity index (χ1) is 12.4. The summed E-state index contributed by atoms with van der Waals surface area (Å²) in [5.74, 6) is 0.141. The number of rotatable bonds is 8. The lowest BCUT2D eigenvalue weighted by Crippen LogP contribution is -2.30. The van der Waals surface area contributed by atoms with E-state index in [0.717, 1.165) is 0 Å². The number of hydrogen-bond donors (Lipinski definition) is 4. The molecule has 0 saturated heterocycles. The summed E-state index contributed by atoms with van der Waals surface area (Å²) in [6.07, 6.45) is 2.65. The van der Waals surface area contributed by atoms with Crippen molar-refractivity contribution in [3.63, 3.8) is 0 Å². The molecule has 0 aliphatic heterocycles. The van der Waals surface area contributed by atoms with Crippen LogP contribution in [0, 0.1) is 0 Å². The third-order valence-electron chi connectivity index (χ3n) is 3.27. The van der Waals surface area contributed by atoms with E-state index in [-0.39, 0.29) is 16.4 Å². The number of amides is 1. The molecule has 0 bridgehead atoms. The number of likely N-dealkylation sites (N-methyl/N-ethyl adjacent to an activating group) is 1. The van der Waals surface area contributed by atoms with Crippen molar-refractivity contribution in [2.24, 2.45) is 5.10 Å². The first kappa shape index (κ1) is 19.5. The van der Waals surface area contributed by atoms with Crippen LogP contribution in [0.5, 0.6) is 0 Å². The molecule has 0 fully saturated rings. The van der Waals surface area contributed by atoms with Gasteiger partial charge in [0.05, 0.1) is 11.8 Å². The van der Waals surface area contributed by atoms with Crippen LogP contribution in [0.1, 0.15) is 15.9 Å². The van der Waals surface area contributed by atoms with Crippen LogP contribution < -0.4 is 16.1 Å². The number of anilines is 1. The number of pyridine rings is 1. The van der Waals surface area contributed by atoms with Crippen LogP contribution in [0.4, 0.5) is 5.82 Å². The molecule has 2 rings (SSSR count). The van der Waals surface area contributed by atoms with Crippen LogP contribution in [0.15, 0.2) is 52.6 Å². The van der Waals surface area contributed by atoms with Crippen LogP contribution in [-0.4, -0.2) is 50.2 Å². The van der Waals surface area contributed by atoms with E-state index >= 15 is 0 Å². The van der Waals surface area contributed by atoms with Crippen LogP contribution in [0.25, 0.3) is 0 Å². The van der Waals surface area contributed by atoms with Gasteiger partial charge in [0.1, 0.15) is 10.7 Å². The fraction of sp³-hybridized carbons (Fsp3) is 0.188. The number of hydrogen-bond acceptors (Lipinski definition) is 7. The minimum atomic E-state index is -4.34. The van der Waals surface area contributed by atoms with Crippen molar-refractivity contribution in [1.29, 1.82) is 0 Å². The second-order valence-electron chi connectivity index (χ2n) is 5.17. The summed E-state index contributed by atoms with van der Waals surface area (Å²) in [5, 5.41) is 9.56. The van der Waals surface area contributed by atoms with Crippen molar-refractivity contribution >= 4 is 28.1 Å². The molecule has 2 aromatic rings. The van der Waals surface area contributed by atoms with Gasteiger partial charge in [-0.1, -0.05) is 18.2 Å². The third kappa shape index (κ3) is 5.62. The highest BCUT2D eigenvalue weighted by molar-refractivity contribution is 7.86. The molecular formula is C16H19N5O4S. The first-order valence-electron chi connectivity index (χ1n) is 7.66. The molecule has 0 aliphatic rings. The normalized spacial score (nSPS) is 11.5. The zero-order valence-corrected chi connectivity index (χ0v) is 14.8. The van der Waals surface area contributed by atoms with Gasteiger partial charge in [-0.25, -0.2) is 4.98 Å². The predicted molar refractivity (Wildman–Crippen MR) is 98.0 cm³/mol. The molecule has 1 aromatic carbocycles. The zero-order chi connectivity index (χ0) is 19.0. The van der Waals surface area contributed by atoms with E-state index in [4.69, 9.17) is 0 Å². The van der Waals surface area contributed by atoms with Gasteiger partial charge in [-0.3, -0.25) is 14.8 Å². The summed E-state index contributed by atoms with van der Waals surface area (Å²) in [5.41, 5.74) is 3.27. The Balaban J connectivity index is 2.00. The Kier molecular flexibility index (Phi) is 6.78. The molecule has 0 aliphatic carbocycles. The molecule has 1 aromatic heterocycles. The van der Waals surface area contributed by atoms with E-state index in [1.54, 1.807) is 25.2 Å². The first-order valence-corrected chi connectivity index (χ1v) is 9.10. The number of benzene rings is 1. The minimum absolute atomic E-state index is 0.225. The Hall–Kier alpha value is -2.82. The smallest absolute Gasteiger partial charge is 0.295 e. The maximum atomic E-state index is 11.9. The van der Waals surface area contributed by atoms with Crippen LogP contribution >= 0.6 is 0 Å². The van der Waals surface area contributed by atoms with Gasteiger partial charge in [-0.05, 0) is 25.2 Å². The van der Waals surface area contributed by atoms with E-state index in [1.165, 1.54) is 30.6 Å². The number of nitrogens with one attached hydrogen (secondary N) is 3. The fourth-order valence-corrected chi connectivity index (χ4v) is 2.66. The maximum Gasteiger partial charge on any atom is 0.295 e. The summed E-state index contributed by atoms with van der Waals surface area (Å²) < 4.78 is 31.8. The SMILES string of the molecule is CNCCNC(=O)c1ccc(N/N=C/c2ccccc2S(=O)(=O)O)nc1. The van der Waals surface area contributed by atoms with Crippen LogP contribution in [-0.2, 0) is 10.1 Å². The Morgan fingerprint density at radius 2 is 2.00 bits per heavy atom. The van der Waals surface area contributed by atoms with Gasteiger partial charge in [0.25, 0.3) is 16.0 Å². The quantitative estimate of drug-likeness (QED) is 0.231. The van der Waals surface area contributed by atoms with Gasteiger partial charge in [0, 0.05) is 24.8 Å². The Bertz CT molecular complexity index is 882. The summed E-state index contributed by atoms with van der Waals surface area (Å²) in [4.78, 5) is 15.7. The second kappa shape index (κ2) is 9.04. The molecule has 4 N–H and O–H groups in total. The minimum Gasteiger partial charge on any atom is -0.351 e. The molecule has 9 nitrogen and oxygen atoms in total. The molecule has 0 spiro atoms. The molecule has 0 atom stereocenters. The van der Waals surface area contributed by atoms with E-state index in [9.17, 15) is 17.8 Å². The molecule has 26 heavy (non-hydrogen) atoms. The lowest BCUT2D eigenvalue weighted by Gasteiger charge is -2.05. The molecular weight excluding hydrogens is 358 g/mol. The lowest BCUT2D eigenvalue weighted by atomic mass is 10.2. The number of aromatic nitrogens is 1. The summed E-state index contributed by atoms with van der Waals surface area (Å²) in [6, 6.07) is 9.05. The van der Waals surface area contributed by atoms with Crippen molar-refractivity contribution < 1.29 is 17.8 Å². The van der Waals surface area contributed by atoms with Crippen molar-refractivity contribution in [2.45, 2.75) is 4.90 Å². The standard InChI is InChI=1S/C16H19N5O4S/c1-17-8-9-18-16(22)13-6-7-15(19-10-13)21-20-11-12-4-2-3-5-14(12)26(23,24)25/h2-7,10-11,17H,8-9H2,1H3,(H,18,22)(H,19,21)(H,23,24,25)/b20-11+. The predicted octanol–water partition coefficient (Wildman–Crippen LogP) is 0.723. The van der Waals surface area contributed by atoms with E-state index in [1.807, 2.05) is 0 Å². The average Bonchev–Trinajstić information content (AvgIpc) is 2.62. The number of carbonyl (C=O) groups excluding carboxylic acids is 1. The number of hydrazone groups is 1. The molecule has 10 heteroatoms.